The van der Waals surface area contributed by atoms with Gasteiger partial charge in [0.25, 0.3) is 0 Å². The fraction of sp³-hybridized carbons (Fsp3) is 0.462. The fourth-order valence-electron chi connectivity index (χ4n) is 2.65. The number of nitrogens with zero attached hydrogens (tertiary/aromatic N) is 2. The van der Waals surface area contributed by atoms with Crippen LogP contribution in [0.2, 0.25) is 6.82 Å². The van der Waals surface area contributed by atoms with Gasteiger partial charge in [-0.1, -0.05) is 18.4 Å². The number of aryl methyl sites for hydroxylation is 1. The summed E-state index contributed by atoms with van der Waals surface area (Å²) in [6.07, 6.45) is 4.12. The van der Waals surface area contributed by atoms with Gasteiger partial charge in [0, 0.05) is 25.5 Å². The summed E-state index contributed by atoms with van der Waals surface area (Å²) in [5.74, 6) is 1.13. The zero-order chi connectivity index (χ0) is 12.7. The molecule has 0 N–H and O–H groups in total. The lowest BCUT2D eigenvalue weighted by atomic mass is 9.73. The van der Waals surface area contributed by atoms with E-state index in [9.17, 15) is 9.59 Å². The lowest BCUT2D eigenvalue weighted by Crippen LogP contribution is -2.50. The van der Waals surface area contributed by atoms with E-state index in [-0.39, 0.29) is 17.7 Å². The predicted molar refractivity (Wildman–Crippen MR) is 70.7 cm³/mol. The van der Waals surface area contributed by atoms with Crippen molar-refractivity contribution >= 4 is 30.3 Å². The first-order valence-electron chi connectivity index (χ1n) is 6.50. The minimum Gasteiger partial charge on any atom is -0.300 e. The van der Waals surface area contributed by atoms with Crippen LogP contribution in [0.1, 0.15) is 24.8 Å². The molecule has 1 amide bonds. The molecule has 1 aromatic rings. The molecule has 1 aliphatic heterocycles. The smallest absolute Gasteiger partial charge is 0.228 e. The molecular formula is C13H15BN2O2. The molecule has 0 saturated heterocycles. The monoisotopic (exact) mass is 242 g/mol. The van der Waals surface area contributed by atoms with E-state index in [2.05, 4.69) is 17.9 Å². The Kier molecular flexibility index (Phi) is 2.69. The molecule has 92 valence electrons. The molecule has 2 heterocycles. The van der Waals surface area contributed by atoms with Gasteiger partial charge < -0.3 is 0 Å². The van der Waals surface area contributed by atoms with Gasteiger partial charge in [0.15, 0.2) is 7.28 Å². The summed E-state index contributed by atoms with van der Waals surface area (Å²) >= 11 is 0. The molecule has 1 aromatic heterocycles. The highest BCUT2D eigenvalue weighted by atomic mass is 16.2. The van der Waals surface area contributed by atoms with Gasteiger partial charge in [0.05, 0.1) is 6.04 Å². The normalized spacial score (nSPS) is 19.5. The van der Waals surface area contributed by atoms with Crippen molar-refractivity contribution in [3.63, 3.8) is 0 Å². The highest BCUT2D eigenvalue weighted by molar-refractivity contribution is 6.51. The van der Waals surface area contributed by atoms with Crippen LogP contribution in [-0.4, -0.2) is 30.0 Å². The van der Waals surface area contributed by atoms with Crippen molar-refractivity contribution < 1.29 is 9.59 Å². The van der Waals surface area contributed by atoms with E-state index in [4.69, 9.17) is 0 Å². The Morgan fingerprint density at radius 2 is 2.11 bits per heavy atom. The third kappa shape index (κ3) is 1.74. The van der Waals surface area contributed by atoms with Crippen molar-refractivity contribution in [2.75, 3.05) is 4.90 Å². The highest BCUT2D eigenvalue weighted by Gasteiger charge is 2.38. The summed E-state index contributed by atoms with van der Waals surface area (Å²) in [5, 5.41) is 0. The molecule has 18 heavy (non-hydrogen) atoms. The van der Waals surface area contributed by atoms with Crippen LogP contribution in [0.3, 0.4) is 0 Å². The van der Waals surface area contributed by atoms with Gasteiger partial charge in [-0.2, -0.15) is 0 Å². The van der Waals surface area contributed by atoms with Gasteiger partial charge in [-0.15, -0.1) is 0 Å². The third-order valence-electron chi connectivity index (χ3n) is 3.80. The van der Waals surface area contributed by atoms with Gasteiger partial charge in [0.2, 0.25) is 5.91 Å². The number of fused-ring (bicyclic) bond motifs is 1. The molecular weight excluding hydrogens is 227 g/mol. The minimum atomic E-state index is 0.0454. The zero-order valence-electron chi connectivity index (χ0n) is 10.5. The van der Waals surface area contributed by atoms with E-state index < -0.39 is 0 Å². The molecule has 0 radical (unpaired) electrons. The second-order valence-electron chi connectivity index (χ2n) is 5.04. The first-order valence-corrected chi connectivity index (χ1v) is 6.50. The lowest BCUT2D eigenvalue weighted by Gasteiger charge is -2.38. The van der Waals surface area contributed by atoms with E-state index in [1.807, 2.05) is 6.20 Å². The number of pyridine rings is 1. The van der Waals surface area contributed by atoms with E-state index in [0.717, 1.165) is 25.1 Å². The standard InChI is InChI=1S/C13H15BN2O2/c1-14-9-4-8-2-3-12(18)16(13(8)15-7-9)10-5-11(17)6-10/h4,7,10,14H,2-3,5-6H2,1H3. The van der Waals surface area contributed by atoms with Crippen LogP contribution in [0, 0.1) is 0 Å². The fourth-order valence-corrected chi connectivity index (χ4v) is 2.65. The Hall–Kier alpha value is -1.65. The topological polar surface area (TPSA) is 50.3 Å². The van der Waals surface area contributed by atoms with Crippen LogP contribution in [0.25, 0.3) is 0 Å². The molecule has 2 aliphatic rings. The summed E-state index contributed by atoms with van der Waals surface area (Å²) in [6.45, 7) is 2.10. The molecule has 3 rings (SSSR count). The molecule has 0 atom stereocenters. The number of aromatic nitrogens is 1. The number of hydrogen-bond acceptors (Lipinski definition) is 3. The van der Waals surface area contributed by atoms with Crippen molar-refractivity contribution in [1.29, 1.82) is 0 Å². The molecule has 1 saturated carbocycles. The SMILES string of the molecule is CBc1cnc2c(c1)CCC(=O)N2C1CC(=O)C1. The van der Waals surface area contributed by atoms with Crippen molar-refractivity contribution in [1.82, 2.24) is 4.98 Å². The average Bonchev–Trinajstić information content (AvgIpc) is 2.35. The molecule has 1 aliphatic carbocycles. The van der Waals surface area contributed by atoms with Crippen LogP contribution in [0.4, 0.5) is 5.82 Å². The third-order valence-corrected chi connectivity index (χ3v) is 3.80. The van der Waals surface area contributed by atoms with Crippen LogP contribution >= 0.6 is 0 Å². The number of rotatable bonds is 2. The van der Waals surface area contributed by atoms with Gasteiger partial charge in [-0.3, -0.25) is 14.5 Å². The van der Waals surface area contributed by atoms with Crippen LogP contribution < -0.4 is 10.4 Å². The van der Waals surface area contributed by atoms with Gasteiger partial charge in [0.1, 0.15) is 11.6 Å². The lowest BCUT2D eigenvalue weighted by molar-refractivity contribution is -0.126. The second-order valence-corrected chi connectivity index (χ2v) is 5.04. The Bertz CT molecular complexity index is 522. The van der Waals surface area contributed by atoms with Crippen molar-refractivity contribution in [3.8, 4) is 0 Å². The molecule has 0 unspecified atom stereocenters. The largest absolute Gasteiger partial charge is 0.300 e. The first-order chi connectivity index (χ1) is 8.69. The maximum Gasteiger partial charge on any atom is 0.228 e. The summed E-state index contributed by atoms with van der Waals surface area (Å²) in [5.41, 5.74) is 2.35. The Morgan fingerprint density at radius 1 is 1.33 bits per heavy atom. The van der Waals surface area contributed by atoms with Gasteiger partial charge in [-0.25, -0.2) is 4.98 Å². The van der Waals surface area contributed by atoms with Gasteiger partial charge in [-0.05, 0) is 12.0 Å². The molecule has 4 nitrogen and oxygen atoms in total. The highest BCUT2D eigenvalue weighted by Crippen LogP contribution is 2.32. The van der Waals surface area contributed by atoms with Crippen LogP contribution in [0.15, 0.2) is 12.3 Å². The molecule has 5 heteroatoms. The van der Waals surface area contributed by atoms with E-state index in [1.54, 1.807) is 4.90 Å². The molecule has 0 bridgehead atoms. The second kappa shape index (κ2) is 4.23. The summed E-state index contributed by atoms with van der Waals surface area (Å²) in [6, 6.07) is 2.19. The number of anilines is 1. The summed E-state index contributed by atoms with van der Waals surface area (Å²) in [4.78, 5) is 29.3. The average molecular weight is 242 g/mol. The number of Topliss-reactive ketones (excluding diaryl/α,β-unsaturated/α-hetero) is 1. The first kappa shape index (κ1) is 11.4. The Morgan fingerprint density at radius 3 is 2.78 bits per heavy atom. The maximum atomic E-state index is 12.0. The molecule has 1 fully saturated rings. The molecule has 0 spiro atoms. The van der Waals surface area contributed by atoms with E-state index in [1.165, 1.54) is 5.46 Å². The van der Waals surface area contributed by atoms with Crippen LogP contribution in [-0.2, 0) is 16.0 Å². The Balaban J connectivity index is 1.96. The van der Waals surface area contributed by atoms with Crippen LogP contribution in [0.5, 0.6) is 0 Å². The Labute approximate surface area is 107 Å². The van der Waals surface area contributed by atoms with Gasteiger partial charge >= 0.3 is 0 Å². The minimum absolute atomic E-state index is 0.0454. The number of ketones is 1. The van der Waals surface area contributed by atoms with Crippen molar-refractivity contribution in [3.05, 3.63) is 17.8 Å². The summed E-state index contributed by atoms with van der Waals surface area (Å²) in [7, 11) is 0.955. The molecule has 0 aromatic carbocycles. The predicted octanol–water partition coefficient (Wildman–Crippen LogP) is 0.202. The van der Waals surface area contributed by atoms with Crippen molar-refractivity contribution in [2.45, 2.75) is 38.5 Å². The van der Waals surface area contributed by atoms with E-state index >= 15 is 0 Å². The number of carbonyl (C=O) groups is 2. The quantitative estimate of drug-likeness (QED) is 0.696. The number of carbonyl (C=O) groups excluding carboxylic acids is 2. The van der Waals surface area contributed by atoms with E-state index in [0.29, 0.717) is 19.3 Å². The maximum absolute atomic E-state index is 12.0. The van der Waals surface area contributed by atoms with Crippen molar-refractivity contribution in [2.24, 2.45) is 0 Å². The zero-order valence-corrected chi connectivity index (χ0v) is 10.5. The number of hydrogen-bond donors (Lipinski definition) is 0. The summed E-state index contributed by atoms with van der Waals surface area (Å²) < 4.78 is 0. The number of amides is 1.